The van der Waals surface area contributed by atoms with Gasteiger partial charge >= 0.3 is 0 Å². The van der Waals surface area contributed by atoms with E-state index in [0.29, 0.717) is 13.0 Å². The molecule has 1 saturated heterocycles. The Morgan fingerprint density at radius 2 is 2.05 bits per heavy atom. The molecule has 1 aliphatic heterocycles. The number of rotatable bonds is 3. The van der Waals surface area contributed by atoms with Crippen molar-refractivity contribution in [3.8, 4) is 0 Å². The number of hydrogen-bond donors (Lipinski definition) is 1. The van der Waals surface area contributed by atoms with Crippen molar-refractivity contribution in [1.29, 1.82) is 0 Å². The maximum atomic E-state index is 13.5. The third-order valence-corrected chi connectivity index (χ3v) is 3.56. The summed E-state index contributed by atoms with van der Waals surface area (Å²) in [6.45, 7) is 0.525. The average Bonchev–Trinajstić information content (AvgIpc) is 2.83. The molecule has 6 heteroatoms. The van der Waals surface area contributed by atoms with E-state index in [-0.39, 0.29) is 28.9 Å². The summed E-state index contributed by atoms with van der Waals surface area (Å²) < 4.78 is 27.0. The highest BCUT2D eigenvalue weighted by atomic mass is 32.1. The van der Waals surface area contributed by atoms with Gasteiger partial charge in [0.15, 0.2) is 0 Å². The van der Waals surface area contributed by atoms with Crippen LogP contribution in [0.4, 0.5) is 8.78 Å². The molecule has 1 amide bonds. The molecule has 19 heavy (non-hydrogen) atoms. The molecule has 0 aromatic heterocycles. The van der Waals surface area contributed by atoms with E-state index >= 15 is 0 Å². The summed E-state index contributed by atoms with van der Waals surface area (Å²) in [5.74, 6) is -1.77. The van der Waals surface area contributed by atoms with E-state index < -0.39 is 11.6 Å². The van der Waals surface area contributed by atoms with Crippen LogP contribution in [0.15, 0.2) is 18.2 Å². The third kappa shape index (κ3) is 2.89. The van der Waals surface area contributed by atoms with Gasteiger partial charge in [0, 0.05) is 12.1 Å². The quantitative estimate of drug-likeness (QED) is 0.861. The number of nitrogens with zero attached hydrogens (tertiary/aromatic N) is 1. The van der Waals surface area contributed by atoms with Crippen molar-refractivity contribution in [1.82, 2.24) is 4.90 Å². The van der Waals surface area contributed by atoms with E-state index in [4.69, 9.17) is 18.0 Å². The van der Waals surface area contributed by atoms with Crippen molar-refractivity contribution in [2.45, 2.75) is 25.3 Å². The lowest BCUT2D eigenvalue weighted by molar-refractivity contribution is -0.130. The molecule has 3 nitrogen and oxygen atoms in total. The minimum Gasteiger partial charge on any atom is -0.392 e. The van der Waals surface area contributed by atoms with Crippen LogP contribution in [0.3, 0.4) is 0 Å². The van der Waals surface area contributed by atoms with Crippen LogP contribution in [0, 0.1) is 11.6 Å². The highest BCUT2D eigenvalue weighted by Gasteiger charge is 2.31. The largest absolute Gasteiger partial charge is 0.392 e. The molecule has 0 saturated carbocycles. The van der Waals surface area contributed by atoms with Crippen LogP contribution in [0.1, 0.15) is 18.4 Å². The number of halogens is 2. The van der Waals surface area contributed by atoms with Crippen molar-refractivity contribution < 1.29 is 13.6 Å². The molecule has 1 aromatic carbocycles. The van der Waals surface area contributed by atoms with Crippen LogP contribution in [0.5, 0.6) is 0 Å². The van der Waals surface area contributed by atoms with Gasteiger partial charge in [-0.15, -0.1) is 0 Å². The van der Waals surface area contributed by atoms with Crippen molar-refractivity contribution in [2.24, 2.45) is 5.73 Å². The van der Waals surface area contributed by atoms with Gasteiger partial charge in [0.25, 0.3) is 0 Å². The Morgan fingerprint density at radius 3 is 2.63 bits per heavy atom. The average molecular weight is 284 g/mol. The van der Waals surface area contributed by atoms with Crippen molar-refractivity contribution in [2.75, 3.05) is 6.54 Å². The van der Waals surface area contributed by atoms with Gasteiger partial charge in [0.05, 0.1) is 17.5 Å². The predicted octanol–water partition coefficient (Wildman–Crippen LogP) is 1.78. The predicted molar refractivity (Wildman–Crippen MR) is 71.6 cm³/mol. The van der Waals surface area contributed by atoms with E-state index in [1.165, 1.54) is 11.0 Å². The molecule has 2 N–H and O–H groups in total. The number of carbonyl (C=O) groups is 1. The summed E-state index contributed by atoms with van der Waals surface area (Å²) in [7, 11) is 0. The third-order valence-electron chi connectivity index (χ3n) is 3.29. The fraction of sp³-hybridized carbons (Fsp3) is 0.385. The zero-order chi connectivity index (χ0) is 14.0. The Bertz CT molecular complexity index is 501. The number of likely N-dealkylation sites (tertiary alicyclic amines) is 1. The molecule has 1 aromatic rings. The second kappa shape index (κ2) is 5.61. The molecule has 1 unspecified atom stereocenters. The Hall–Kier alpha value is -1.56. The van der Waals surface area contributed by atoms with E-state index in [1.54, 1.807) is 0 Å². The standard InChI is InChI=1S/C13H14F2N2OS/c14-9-3-1-4-10(15)8(9)7-12(18)17-6-2-5-11(17)13(16)19/h1,3-4,11H,2,5-7H2,(H2,16,19). The Balaban J connectivity index is 2.15. The molecule has 102 valence electrons. The minimum atomic E-state index is -0.709. The van der Waals surface area contributed by atoms with Crippen LogP contribution in [-0.2, 0) is 11.2 Å². The molecular formula is C13H14F2N2OS. The zero-order valence-corrected chi connectivity index (χ0v) is 11.1. The summed E-state index contributed by atoms with van der Waals surface area (Å²) >= 11 is 4.90. The molecule has 1 atom stereocenters. The fourth-order valence-electron chi connectivity index (χ4n) is 2.32. The van der Waals surface area contributed by atoms with Crippen LogP contribution < -0.4 is 5.73 Å². The molecule has 1 fully saturated rings. The second-order valence-corrected chi connectivity index (χ2v) is 5.00. The summed E-state index contributed by atoms with van der Waals surface area (Å²) in [5, 5.41) is 0. The van der Waals surface area contributed by atoms with Gasteiger partial charge in [0.1, 0.15) is 11.6 Å². The van der Waals surface area contributed by atoms with E-state index in [0.717, 1.165) is 18.6 Å². The first kappa shape index (κ1) is 13.9. The molecule has 0 radical (unpaired) electrons. The summed E-state index contributed by atoms with van der Waals surface area (Å²) in [6, 6.07) is 3.26. The second-order valence-electron chi connectivity index (χ2n) is 4.52. The monoisotopic (exact) mass is 284 g/mol. The SMILES string of the molecule is NC(=S)C1CCCN1C(=O)Cc1c(F)cccc1F. The lowest BCUT2D eigenvalue weighted by atomic mass is 10.1. The maximum absolute atomic E-state index is 13.5. The molecule has 1 heterocycles. The zero-order valence-electron chi connectivity index (χ0n) is 10.2. The maximum Gasteiger partial charge on any atom is 0.227 e. The van der Waals surface area contributed by atoms with Gasteiger partial charge in [-0.1, -0.05) is 18.3 Å². The summed E-state index contributed by atoms with van der Waals surface area (Å²) in [6.07, 6.45) is 1.20. The lowest BCUT2D eigenvalue weighted by Gasteiger charge is -2.23. The number of benzene rings is 1. The Kier molecular flexibility index (Phi) is 4.09. The van der Waals surface area contributed by atoms with Gasteiger partial charge in [-0.3, -0.25) is 4.79 Å². The normalized spacial score (nSPS) is 18.6. The molecule has 0 spiro atoms. The Labute approximate surface area is 115 Å². The van der Waals surface area contributed by atoms with Gasteiger partial charge in [-0.2, -0.15) is 0 Å². The van der Waals surface area contributed by atoms with E-state index in [2.05, 4.69) is 0 Å². The number of hydrogen-bond acceptors (Lipinski definition) is 2. The molecular weight excluding hydrogens is 270 g/mol. The van der Waals surface area contributed by atoms with Crippen LogP contribution in [0.25, 0.3) is 0 Å². The Morgan fingerprint density at radius 1 is 1.42 bits per heavy atom. The molecule has 1 aliphatic rings. The van der Waals surface area contributed by atoms with Crippen molar-refractivity contribution in [3.63, 3.8) is 0 Å². The minimum absolute atomic E-state index is 0.207. The smallest absolute Gasteiger partial charge is 0.227 e. The molecule has 2 rings (SSSR count). The van der Waals surface area contributed by atoms with Crippen molar-refractivity contribution in [3.05, 3.63) is 35.4 Å². The molecule has 0 bridgehead atoms. The lowest BCUT2D eigenvalue weighted by Crippen LogP contribution is -2.43. The highest BCUT2D eigenvalue weighted by molar-refractivity contribution is 7.80. The number of thiocarbonyl (C=S) groups is 1. The number of amides is 1. The number of nitrogens with two attached hydrogens (primary N) is 1. The molecule has 0 aliphatic carbocycles. The number of carbonyl (C=O) groups excluding carboxylic acids is 1. The first-order chi connectivity index (χ1) is 9.00. The van der Waals surface area contributed by atoms with Crippen molar-refractivity contribution >= 4 is 23.1 Å². The summed E-state index contributed by atoms with van der Waals surface area (Å²) in [5.41, 5.74) is 5.36. The van der Waals surface area contributed by atoms with Gasteiger partial charge < -0.3 is 10.6 Å². The van der Waals surface area contributed by atoms with Gasteiger partial charge in [0.2, 0.25) is 5.91 Å². The van der Waals surface area contributed by atoms with E-state index in [9.17, 15) is 13.6 Å². The fourth-order valence-corrected chi connectivity index (χ4v) is 2.56. The van der Waals surface area contributed by atoms with Crippen LogP contribution >= 0.6 is 12.2 Å². The van der Waals surface area contributed by atoms with Gasteiger partial charge in [-0.25, -0.2) is 8.78 Å². The summed E-state index contributed by atoms with van der Waals surface area (Å²) in [4.78, 5) is 13.9. The topological polar surface area (TPSA) is 46.3 Å². The first-order valence-electron chi connectivity index (χ1n) is 6.02. The van der Waals surface area contributed by atoms with E-state index in [1.807, 2.05) is 0 Å². The van der Waals surface area contributed by atoms with Crippen LogP contribution in [0.2, 0.25) is 0 Å². The van der Waals surface area contributed by atoms with Crippen LogP contribution in [-0.4, -0.2) is 28.4 Å². The van der Waals surface area contributed by atoms with Gasteiger partial charge in [-0.05, 0) is 25.0 Å². The first-order valence-corrected chi connectivity index (χ1v) is 6.43. The highest BCUT2D eigenvalue weighted by Crippen LogP contribution is 2.20.